The van der Waals surface area contributed by atoms with Crippen molar-refractivity contribution in [3.63, 3.8) is 0 Å². The van der Waals surface area contributed by atoms with E-state index in [-0.39, 0.29) is 6.10 Å². The molecule has 1 heterocycles. The highest BCUT2D eigenvalue weighted by Crippen LogP contribution is 2.25. The van der Waals surface area contributed by atoms with E-state index in [2.05, 4.69) is 0 Å². The zero-order chi connectivity index (χ0) is 14.5. The second kappa shape index (κ2) is 6.09. The maximum absolute atomic E-state index is 11.9. The van der Waals surface area contributed by atoms with Crippen LogP contribution in [0.3, 0.4) is 0 Å². The summed E-state index contributed by atoms with van der Waals surface area (Å²) in [7, 11) is 0. The van der Waals surface area contributed by atoms with Gasteiger partial charge in [-0.2, -0.15) is 0 Å². The third-order valence-electron chi connectivity index (χ3n) is 3.11. The molecule has 0 radical (unpaired) electrons. The van der Waals surface area contributed by atoms with Crippen molar-refractivity contribution < 1.29 is 14.3 Å². The summed E-state index contributed by atoms with van der Waals surface area (Å²) < 4.78 is 10.7. The molecule has 0 amide bonds. The van der Waals surface area contributed by atoms with E-state index in [1.165, 1.54) is 6.08 Å². The van der Waals surface area contributed by atoms with Crippen LogP contribution >= 0.6 is 0 Å². The second-order valence-corrected chi connectivity index (χ2v) is 4.57. The van der Waals surface area contributed by atoms with Gasteiger partial charge < -0.3 is 9.47 Å². The van der Waals surface area contributed by atoms with Gasteiger partial charge in [0.2, 0.25) is 0 Å². The average molecular weight is 278 g/mol. The van der Waals surface area contributed by atoms with Crippen LogP contribution in [-0.4, -0.2) is 12.1 Å². The topological polar surface area (TPSA) is 35.5 Å². The van der Waals surface area contributed by atoms with Crippen molar-refractivity contribution in [2.45, 2.75) is 6.10 Å². The highest BCUT2D eigenvalue weighted by molar-refractivity contribution is 5.92. The number of fused-ring (bicyclic) bond motifs is 1. The summed E-state index contributed by atoms with van der Waals surface area (Å²) in [6.07, 6.45) is 9.92. The molecule has 3 heteroatoms. The molecule has 0 saturated carbocycles. The molecule has 104 valence electrons. The van der Waals surface area contributed by atoms with E-state index in [1.54, 1.807) is 24.5 Å². The Kier molecular flexibility index (Phi) is 3.83. The maximum atomic E-state index is 11.9. The molecule has 1 atom stereocenters. The molecule has 1 aliphatic rings. The first-order valence-corrected chi connectivity index (χ1v) is 6.69. The Bertz CT molecular complexity index is 736. The predicted molar refractivity (Wildman–Crippen MR) is 81.9 cm³/mol. The normalized spacial score (nSPS) is 17.0. The number of carbonyl (C=O) groups is 1. The molecule has 0 aliphatic carbocycles. The van der Waals surface area contributed by atoms with Crippen LogP contribution in [0.1, 0.15) is 0 Å². The Balaban J connectivity index is 1.73. The molecule has 2 aromatic carbocycles. The fourth-order valence-corrected chi connectivity index (χ4v) is 2.11. The lowest BCUT2D eigenvalue weighted by molar-refractivity contribution is -0.128. The van der Waals surface area contributed by atoms with Gasteiger partial charge in [-0.25, -0.2) is 4.79 Å². The number of rotatable bonds is 3. The number of ether oxygens (including phenoxy) is 2. The van der Waals surface area contributed by atoms with Crippen molar-refractivity contribution in [3.8, 4) is 5.75 Å². The molecule has 21 heavy (non-hydrogen) atoms. The molecular formula is C18H14O3. The number of hydrogen-bond donors (Lipinski definition) is 0. The summed E-state index contributed by atoms with van der Waals surface area (Å²) in [5, 5.41) is 1.95. The Morgan fingerprint density at radius 2 is 1.95 bits per heavy atom. The molecule has 1 aliphatic heterocycles. The predicted octanol–water partition coefficient (Wildman–Crippen LogP) is 3.77. The van der Waals surface area contributed by atoms with E-state index in [4.69, 9.17) is 9.47 Å². The zero-order valence-electron chi connectivity index (χ0n) is 11.3. The minimum absolute atomic E-state index is 0.227. The highest BCUT2D eigenvalue weighted by Gasteiger charge is 2.07. The first kappa shape index (κ1) is 13.2. The minimum atomic E-state index is -0.419. The lowest BCUT2D eigenvalue weighted by Crippen LogP contribution is -2.08. The van der Waals surface area contributed by atoms with Crippen LogP contribution in [0.4, 0.5) is 0 Å². The van der Waals surface area contributed by atoms with Crippen molar-refractivity contribution in [2.75, 3.05) is 0 Å². The Morgan fingerprint density at radius 3 is 2.81 bits per heavy atom. The Labute approximate surface area is 122 Å². The third-order valence-corrected chi connectivity index (χ3v) is 3.11. The van der Waals surface area contributed by atoms with Crippen molar-refractivity contribution in [1.29, 1.82) is 0 Å². The van der Waals surface area contributed by atoms with Gasteiger partial charge in [-0.1, -0.05) is 42.5 Å². The van der Waals surface area contributed by atoms with Crippen LogP contribution in [0.5, 0.6) is 5.75 Å². The van der Waals surface area contributed by atoms with E-state index < -0.39 is 5.97 Å². The lowest BCUT2D eigenvalue weighted by atomic mass is 10.1. The highest BCUT2D eigenvalue weighted by atomic mass is 16.5. The Morgan fingerprint density at radius 1 is 1.10 bits per heavy atom. The van der Waals surface area contributed by atoms with Crippen LogP contribution in [0.25, 0.3) is 10.8 Å². The number of hydrogen-bond acceptors (Lipinski definition) is 3. The van der Waals surface area contributed by atoms with Crippen molar-refractivity contribution in [2.24, 2.45) is 0 Å². The molecule has 3 rings (SSSR count). The average Bonchev–Trinajstić information content (AvgIpc) is 2.54. The van der Waals surface area contributed by atoms with Crippen molar-refractivity contribution in [1.82, 2.24) is 0 Å². The van der Waals surface area contributed by atoms with Gasteiger partial charge in [0.1, 0.15) is 11.9 Å². The molecule has 3 nitrogen and oxygen atoms in total. The fraction of sp³-hybridized carbons (Fsp3) is 0.0556. The fourth-order valence-electron chi connectivity index (χ4n) is 2.11. The van der Waals surface area contributed by atoms with Crippen LogP contribution in [0.2, 0.25) is 0 Å². The largest absolute Gasteiger partial charge is 0.490 e. The number of allylic oxidation sites excluding steroid dienone is 2. The van der Waals surface area contributed by atoms with Gasteiger partial charge in [0.05, 0.1) is 6.26 Å². The second-order valence-electron chi connectivity index (χ2n) is 4.57. The van der Waals surface area contributed by atoms with Crippen LogP contribution < -0.4 is 4.74 Å². The minimum Gasteiger partial charge on any atom is -0.490 e. The van der Waals surface area contributed by atoms with Gasteiger partial charge in [-0.05, 0) is 29.7 Å². The molecule has 0 fully saturated rings. The van der Waals surface area contributed by atoms with Gasteiger partial charge >= 0.3 is 5.97 Å². The molecule has 0 bridgehead atoms. The summed E-state index contributed by atoms with van der Waals surface area (Å²) in [5.41, 5.74) is 0. The van der Waals surface area contributed by atoms with Crippen molar-refractivity contribution in [3.05, 3.63) is 79.1 Å². The van der Waals surface area contributed by atoms with Gasteiger partial charge in [0, 0.05) is 11.5 Å². The summed E-state index contributed by atoms with van der Waals surface area (Å²) in [6.45, 7) is 0. The Hall–Kier alpha value is -2.81. The third kappa shape index (κ3) is 3.20. The molecule has 0 spiro atoms. The summed E-state index contributed by atoms with van der Waals surface area (Å²) in [6, 6.07) is 13.4. The zero-order valence-corrected chi connectivity index (χ0v) is 11.3. The molecule has 1 unspecified atom stereocenters. The smallest absolute Gasteiger partial charge is 0.335 e. The van der Waals surface area contributed by atoms with Gasteiger partial charge in [-0.3, -0.25) is 0 Å². The van der Waals surface area contributed by atoms with Gasteiger partial charge in [-0.15, -0.1) is 0 Å². The van der Waals surface area contributed by atoms with E-state index in [0.29, 0.717) is 5.75 Å². The monoisotopic (exact) mass is 278 g/mol. The molecule has 2 aromatic rings. The number of carbonyl (C=O) groups excluding carboxylic acids is 1. The van der Waals surface area contributed by atoms with Gasteiger partial charge in [0.25, 0.3) is 0 Å². The molecule has 0 N–H and O–H groups in total. The standard InChI is InChI=1S/C18H14O3/c19-18(12-11-15-8-3-4-13-20-15)21-17-10-5-7-14-6-1-2-9-16(14)17/h1-13,15H. The van der Waals surface area contributed by atoms with Crippen LogP contribution in [-0.2, 0) is 9.53 Å². The quantitative estimate of drug-likeness (QED) is 0.487. The molecule has 0 aromatic heterocycles. The van der Waals surface area contributed by atoms with Gasteiger partial charge in [0.15, 0.2) is 0 Å². The number of benzene rings is 2. The summed E-state index contributed by atoms with van der Waals surface area (Å²) >= 11 is 0. The van der Waals surface area contributed by atoms with E-state index in [0.717, 1.165) is 10.8 Å². The maximum Gasteiger partial charge on any atom is 0.335 e. The summed E-state index contributed by atoms with van der Waals surface area (Å²) in [4.78, 5) is 11.9. The first-order valence-electron chi connectivity index (χ1n) is 6.69. The van der Waals surface area contributed by atoms with E-state index in [9.17, 15) is 4.79 Å². The molecule has 0 saturated heterocycles. The van der Waals surface area contributed by atoms with Crippen molar-refractivity contribution >= 4 is 16.7 Å². The van der Waals surface area contributed by atoms with E-state index in [1.807, 2.05) is 48.6 Å². The SMILES string of the molecule is O=C(C=CC1C=CC=CO1)Oc1cccc2ccccc12. The van der Waals surface area contributed by atoms with Crippen LogP contribution in [0, 0.1) is 0 Å². The molecular weight excluding hydrogens is 264 g/mol. The number of esters is 1. The van der Waals surface area contributed by atoms with E-state index >= 15 is 0 Å². The lowest BCUT2D eigenvalue weighted by Gasteiger charge is -2.10. The summed E-state index contributed by atoms with van der Waals surface area (Å²) in [5.74, 6) is 0.139. The van der Waals surface area contributed by atoms with Crippen LogP contribution in [0.15, 0.2) is 79.1 Å². The first-order chi connectivity index (χ1) is 10.3.